The van der Waals surface area contributed by atoms with Crippen molar-refractivity contribution in [2.75, 3.05) is 18.4 Å². The second kappa shape index (κ2) is 7.08. The maximum Gasteiger partial charge on any atom is 0.337 e. The summed E-state index contributed by atoms with van der Waals surface area (Å²) in [6, 6.07) is 14.7. The Bertz CT molecular complexity index is 757. The molecule has 2 aliphatic carbocycles. The Balaban J connectivity index is 1.27. The van der Waals surface area contributed by atoms with Crippen molar-refractivity contribution < 1.29 is 9.90 Å². The standard InChI is InChI=1S/C21H25N3O2/c25-20(26)16-7-8-19(22-12-16)24-14-21(9-4-10-21)13-23-18-11-17(18)15-5-2-1-3-6-15/h1-3,5-8,12,17-18,23H,4,9-11,13-14H2,(H,22,24)(H,25,26)/t17-,18?/m1/s1. The van der Waals surface area contributed by atoms with Crippen molar-refractivity contribution in [2.24, 2.45) is 5.41 Å². The molecule has 0 saturated heterocycles. The number of aromatic nitrogens is 1. The molecule has 26 heavy (non-hydrogen) atoms. The number of aromatic carboxylic acids is 1. The van der Waals surface area contributed by atoms with E-state index in [2.05, 4.69) is 45.9 Å². The lowest BCUT2D eigenvalue weighted by Gasteiger charge is -2.42. The van der Waals surface area contributed by atoms with Crippen molar-refractivity contribution in [2.45, 2.75) is 37.6 Å². The van der Waals surface area contributed by atoms with E-state index in [1.165, 1.54) is 37.4 Å². The first kappa shape index (κ1) is 17.0. The van der Waals surface area contributed by atoms with Crippen molar-refractivity contribution in [3.8, 4) is 0 Å². The van der Waals surface area contributed by atoms with Gasteiger partial charge in [-0.2, -0.15) is 0 Å². The van der Waals surface area contributed by atoms with E-state index in [0.29, 0.717) is 12.0 Å². The Hall–Kier alpha value is -2.40. The van der Waals surface area contributed by atoms with E-state index in [1.807, 2.05) is 0 Å². The lowest BCUT2D eigenvalue weighted by Crippen LogP contribution is -2.45. The maximum absolute atomic E-state index is 10.9. The molecule has 4 rings (SSSR count). The topological polar surface area (TPSA) is 74.2 Å². The lowest BCUT2D eigenvalue weighted by atomic mass is 9.68. The quantitative estimate of drug-likeness (QED) is 0.679. The van der Waals surface area contributed by atoms with Crippen molar-refractivity contribution in [1.29, 1.82) is 0 Å². The predicted molar refractivity (Wildman–Crippen MR) is 102 cm³/mol. The van der Waals surface area contributed by atoms with Gasteiger partial charge in [0.05, 0.1) is 5.56 Å². The summed E-state index contributed by atoms with van der Waals surface area (Å²) in [6.07, 6.45) is 6.37. The van der Waals surface area contributed by atoms with E-state index in [4.69, 9.17) is 5.11 Å². The molecule has 0 radical (unpaired) electrons. The first-order valence-electron chi connectivity index (χ1n) is 9.37. The van der Waals surface area contributed by atoms with Gasteiger partial charge in [-0.1, -0.05) is 36.8 Å². The summed E-state index contributed by atoms with van der Waals surface area (Å²) in [7, 11) is 0. The van der Waals surface area contributed by atoms with Gasteiger partial charge in [0.1, 0.15) is 5.82 Å². The Labute approximate surface area is 153 Å². The van der Waals surface area contributed by atoms with Gasteiger partial charge in [0.2, 0.25) is 0 Å². The number of hydrogen-bond donors (Lipinski definition) is 3. The summed E-state index contributed by atoms with van der Waals surface area (Å²) in [5.74, 6) is 0.461. The van der Waals surface area contributed by atoms with Crippen LogP contribution in [-0.2, 0) is 0 Å². The normalized spacial score (nSPS) is 23.1. The average Bonchev–Trinajstić information content (AvgIpc) is 3.41. The fraction of sp³-hybridized carbons (Fsp3) is 0.429. The number of anilines is 1. The van der Waals surface area contributed by atoms with Crippen LogP contribution in [0.25, 0.3) is 0 Å². The fourth-order valence-corrected chi connectivity index (χ4v) is 3.83. The highest BCUT2D eigenvalue weighted by atomic mass is 16.4. The van der Waals surface area contributed by atoms with Gasteiger partial charge in [-0.05, 0) is 37.0 Å². The molecule has 2 aromatic rings. The van der Waals surface area contributed by atoms with Gasteiger partial charge in [-0.15, -0.1) is 0 Å². The van der Waals surface area contributed by atoms with E-state index in [1.54, 1.807) is 12.1 Å². The molecule has 2 saturated carbocycles. The van der Waals surface area contributed by atoms with Crippen LogP contribution < -0.4 is 10.6 Å². The zero-order valence-corrected chi connectivity index (χ0v) is 14.8. The Morgan fingerprint density at radius 3 is 2.58 bits per heavy atom. The number of benzene rings is 1. The maximum atomic E-state index is 10.9. The minimum Gasteiger partial charge on any atom is -0.478 e. The van der Waals surface area contributed by atoms with Gasteiger partial charge in [0.15, 0.2) is 0 Å². The molecule has 0 spiro atoms. The smallest absolute Gasteiger partial charge is 0.337 e. The number of pyridine rings is 1. The van der Waals surface area contributed by atoms with Crippen LogP contribution in [0, 0.1) is 5.41 Å². The zero-order chi connectivity index (χ0) is 18.0. The van der Waals surface area contributed by atoms with Gasteiger partial charge in [-0.25, -0.2) is 9.78 Å². The number of carboxylic acids is 1. The number of carboxylic acid groups (broad SMARTS) is 1. The Morgan fingerprint density at radius 1 is 1.15 bits per heavy atom. The van der Waals surface area contributed by atoms with Crippen LogP contribution in [0.4, 0.5) is 5.82 Å². The molecule has 1 heterocycles. The average molecular weight is 351 g/mol. The molecule has 1 aromatic heterocycles. The first-order chi connectivity index (χ1) is 12.7. The molecular weight excluding hydrogens is 326 g/mol. The molecule has 136 valence electrons. The highest BCUT2D eigenvalue weighted by Gasteiger charge is 2.42. The summed E-state index contributed by atoms with van der Waals surface area (Å²) in [5, 5.41) is 16.1. The molecule has 5 nitrogen and oxygen atoms in total. The van der Waals surface area contributed by atoms with E-state index in [-0.39, 0.29) is 11.0 Å². The van der Waals surface area contributed by atoms with Crippen LogP contribution in [0.2, 0.25) is 0 Å². The molecule has 2 aliphatic rings. The number of rotatable bonds is 8. The number of hydrogen-bond acceptors (Lipinski definition) is 4. The van der Waals surface area contributed by atoms with E-state index in [9.17, 15) is 4.79 Å². The van der Waals surface area contributed by atoms with E-state index >= 15 is 0 Å². The van der Waals surface area contributed by atoms with Crippen LogP contribution in [-0.4, -0.2) is 35.2 Å². The van der Waals surface area contributed by atoms with Gasteiger partial charge in [-0.3, -0.25) is 0 Å². The predicted octanol–water partition coefficient (Wildman–Crippen LogP) is 3.51. The fourth-order valence-electron chi connectivity index (χ4n) is 3.83. The lowest BCUT2D eigenvalue weighted by molar-refractivity contribution is 0.0696. The van der Waals surface area contributed by atoms with Gasteiger partial charge in [0, 0.05) is 36.7 Å². The third-order valence-electron chi connectivity index (χ3n) is 5.83. The SMILES string of the molecule is O=C(O)c1ccc(NCC2(CNC3C[C@@H]3c3ccccc3)CCC2)nc1. The molecule has 3 N–H and O–H groups in total. The second-order valence-electron chi connectivity index (χ2n) is 7.68. The van der Waals surface area contributed by atoms with Crippen LogP contribution in [0.5, 0.6) is 0 Å². The summed E-state index contributed by atoms with van der Waals surface area (Å²) in [4.78, 5) is 15.1. The van der Waals surface area contributed by atoms with Crippen LogP contribution >= 0.6 is 0 Å². The summed E-state index contributed by atoms with van der Waals surface area (Å²) < 4.78 is 0. The highest BCUT2D eigenvalue weighted by Crippen LogP contribution is 2.44. The molecular formula is C21H25N3O2. The van der Waals surface area contributed by atoms with Crippen LogP contribution in [0.15, 0.2) is 48.7 Å². The highest BCUT2D eigenvalue weighted by molar-refractivity contribution is 5.87. The van der Waals surface area contributed by atoms with Gasteiger partial charge < -0.3 is 15.7 Å². The second-order valence-corrected chi connectivity index (χ2v) is 7.68. The summed E-state index contributed by atoms with van der Waals surface area (Å²) in [5.41, 5.74) is 1.95. The molecule has 0 bridgehead atoms. The summed E-state index contributed by atoms with van der Waals surface area (Å²) in [6.45, 7) is 1.91. The summed E-state index contributed by atoms with van der Waals surface area (Å²) >= 11 is 0. The Morgan fingerprint density at radius 2 is 1.96 bits per heavy atom. The number of nitrogens with one attached hydrogen (secondary N) is 2. The molecule has 0 amide bonds. The largest absolute Gasteiger partial charge is 0.478 e. The molecule has 2 atom stereocenters. The zero-order valence-electron chi connectivity index (χ0n) is 14.8. The molecule has 0 aliphatic heterocycles. The minimum absolute atomic E-state index is 0.219. The van der Waals surface area contributed by atoms with Crippen molar-refractivity contribution >= 4 is 11.8 Å². The van der Waals surface area contributed by atoms with Crippen molar-refractivity contribution in [3.05, 3.63) is 59.8 Å². The van der Waals surface area contributed by atoms with Crippen LogP contribution in [0.3, 0.4) is 0 Å². The molecule has 1 unspecified atom stereocenters. The number of nitrogens with zero attached hydrogens (tertiary/aromatic N) is 1. The van der Waals surface area contributed by atoms with E-state index in [0.717, 1.165) is 18.9 Å². The van der Waals surface area contributed by atoms with Crippen molar-refractivity contribution in [3.63, 3.8) is 0 Å². The first-order valence-corrected chi connectivity index (χ1v) is 9.37. The molecule has 5 heteroatoms. The monoisotopic (exact) mass is 351 g/mol. The minimum atomic E-state index is -0.943. The molecule has 1 aromatic carbocycles. The number of carbonyl (C=O) groups is 1. The van der Waals surface area contributed by atoms with Gasteiger partial charge >= 0.3 is 5.97 Å². The third-order valence-corrected chi connectivity index (χ3v) is 5.83. The van der Waals surface area contributed by atoms with E-state index < -0.39 is 5.97 Å². The third kappa shape index (κ3) is 3.73. The van der Waals surface area contributed by atoms with Crippen LogP contribution in [0.1, 0.15) is 47.5 Å². The molecule has 2 fully saturated rings. The van der Waals surface area contributed by atoms with Gasteiger partial charge in [0.25, 0.3) is 0 Å². The Kier molecular flexibility index (Phi) is 4.64. The van der Waals surface area contributed by atoms with Crippen molar-refractivity contribution in [1.82, 2.24) is 10.3 Å².